The number of rotatable bonds is 1. The fraction of sp³-hybridized carbons (Fsp3) is 0.647. The fourth-order valence-corrected chi connectivity index (χ4v) is 4.68. The summed E-state index contributed by atoms with van der Waals surface area (Å²) in [5.41, 5.74) is 1.86. The maximum Gasteiger partial charge on any atom is 0.0441 e. The van der Waals surface area contributed by atoms with Crippen molar-refractivity contribution in [2.24, 2.45) is 11.3 Å². The molecule has 1 aromatic carbocycles. The third-order valence-corrected chi connectivity index (χ3v) is 5.64. The van der Waals surface area contributed by atoms with Gasteiger partial charge in [0.25, 0.3) is 0 Å². The van der Waals surface area contributed by atoms with Crippen LogP contribution in [0.1, 0.15) is 50.5 Å². The Morgan fingerprint density at radius 1 is 1.26 bits per heavy atom. The predicted octanol–water partition coefficient (Wildman–Crippen LogP) is 4.61. The smallest absolute Gasteiger partial charge is 0.0441 e. The Labute approximate surface area is 121 Å². The molecule has 19 heavy (non-hydrogen) atoms. The van der Waals surface area contributed by atoms with E-state index in [-0.39, 0.29) is 0 Å². The van der Waals surface area contributed by atoms with Gasteiger partial charge in [-0.15, -0.1) is 0 Å². The SMILES string of the molecule is CC1CCCC2(CCNCC2c2ccccc2Cl)C1. The van der Waals surface area contributed by atoms with Gasteiger partial charge in [0.15, 0.2) is 0 Å². The van der Waals surface area contributed by atoms with Crippen LogP contribution in [0.4, 0.5) is 0 Å². The molecule has 1 aliphatic heterocycles. The second-order valence-electron chi connectivity index (χ2n) is 6.59. The summed E-state index contributed by atoms with van der Waals surface area (Å²) in [7, 11) is 0. The monoisotopic (exact) mass is 277 g/mol. The van der Waals surface area contributed by atoms with E-state index in [4.69, 9.17) is 11.6 Å². The molecule has 1 spiro atoms. The molecular weight excluding hydrogens is 254 g/mol. The highest BCUT2D eigenvalue weighted by Crippen LogP contribution is 2.53. The maximum absolute atomic E-state index is 6.47. The van der Waals surface area contributed by atoms with Crippen molar-refractivity contribution in [2.75, 3.05) is 13.1 Å². The zero-order valence-corrected chi connectivity index (χ0v) is 12.5. The Kier molecular flexibility index (Phi) is 3.86. The van der Waals surface area contributed by atoms with Crippen LogP contribution in [0.15, 0.2) is 24.3 Å². The molecule has 2 fully saturated rings. The van der Waals surface area contributed by atoms with Gasteiger partial charge >= 0.3 is 0 Å². The van der Waals surface area contributed by atoms with Crippen molar-refractivity contribution in [2.45, 2.75) is 44.9 Å². The standard InChI is InChI=1S/C17H24ClN/c1-13-5-4-8-17(11-13)9-10-19-12-15(17)14-6-2-3-7-16(14)18/h2-3,6-7,13,15,19H,4-5,8-12H2,1H3. The highest BCUT2D eigenvalue weighted by atomic mass is 35.5. The second-order valence-corrected chi connectivity index (χ2v) is 7.00. The van der Waals surface area contributed by atoms with Gasteiger partial charge in [-0.3, -0.25) is 0 Å². The Hall–Kier alpha value is -0.530. The summed E-state index contributed by atoms with van der Waals surface area (Å²) in [5.74, 6) is 1.47. The Morgan fingerprint density at radius 2 is 2.11 bits per heavy atom. The van der Waals surface area contributed by atoms with Crippen molar-refractivity contribution in [3.63, 3.8) is 0 Å². The molecule has 1 saturated carbocycles. The number of benzene rings is 1. The Morgan fingerprint density at radius 3 is 2.89 bits per heavy atom. The van der Waals surface area contributed by atoms with Crippen molar-refractivity contribution in [1.29, 1.82) is 0 Å². The Balaban J connectivity index is 1.95. The van der Waals surface area contributed by atoms with Gasteiger partial charge < -0.3 is 5.32 Å². The number of piperidine rings is 1. The molecule has 1 heterocycles. The van der Waals surface area contributed by atoms with Gasteiger partial charge in [-0.2, -0.15) is 0 Å². The van der Waals surface area contributed by atoms with Crippen LogP contribution in [0, 0.1) is 11.3 Å². The van der Waals surface area contributed by atoms with E-state index in [1.165, 1.54) is 44.2 Å². The molecule has 0 aromatic heterocycles. The lowest BCUT2D eigenvalue weighted by atomic mass is 9.58. The van der Waals surface area contributed by atoms with E-state index in [2.05, 4.69) is 24.4 Å². The van der Waals surface area contributed by atoms with Gasteiger partial charge in [0.1, 0.15) is 0 Å². The van der Waals surface area contributed by atoms with Gasteiger partial charge in [-0.1, -0.05) is 49.6 Å². The first-order chi connectivity index (χ1) is 9.21. The minimum absolute atomic E-state index is 0.494. The average Bonchev–Trinajstić information content (AvgIpc) is 2.40. The highest BCUT2D eigenvalue weighted by Gasteiger charge is 2.44. The summed E-state index contributed by atoms with van der Waals surface area (Å²) in [4.78, 5) is 0. The van der Waals surface area contributed by atoms with Crippen molar-refractivity contribution >= 4 is 11.6 Å². The minimum Gasteiger partial charge on any atom is -0.316 e. The molecule has 3 atom stereocenters. The zero-order valence-electron chi connectivity index (χ0n) is 11.8. The quantitative estimate of drug-likeness (QED) is 0.790. The average molecular weight is 278 g/mol. The van der Waals surface area contributed by atoms with Crippen LogP contribution in [0.5, 0.6) is 0 Å². The predicted molar refractivity (Wildman–Crippen MR) is 81.7 cm³/mol. The molecule has 2 heteroatoms. The van der Waals surface area contributed by atoms with E-state index in [1.807, 2.05) is 12.1 Å². The van der Waals surface area contributed by atoms with E-state index in [1.54, 1.807) is 0 Å². The number of nitrogens with one attached hydrogen (secondary N) is 1. The molecule has 0 bridgehead atoms. The lowest BCUT2D eigenvalue weighted by molar-refractivity contribution is 0.0757. The topological polar surface area (TPSA) is 12.0 Å². The molecule has 1 aromatic rings. The van der Waals surface area contributed by atoms with E-state index < -0.39 is 0 Å². The molecule has 0 amide bonds. The van der Waals surface area contributed by atoms with E-state index >= 15 is 0 Å². The van der Waals surface area contributed by atoms with Gasteiger partial charge in [-0.25, -0.2) is 0 Å². The maximum atomic E-state index is 6.47. The molecule has 1 saturated heterocycles. The molecule has 3 rings (SSSR count). The van der Waals surface area contributed by atoms with Crippen molar-refractivity contribution in [3.05, 3.63) is 34.9 Å². The summed E-state index contributed by atoms with van der Waals surface area (Å²) < 4.78 is 0. The minimum atomic E-state index is 0.494. The third kappa shape index (κ3) is 2.55. The molecule has 3 unspecified atom stereocenters. The molecular formula is C17H24ClN. The second kappa shape index (κ2) is 5.46. The lowest BCUT2D eigenvalue weighted by Gasteiger charge is -2.49. The van der Waals surface area contributed by atoms with Gasteiger partial charge in [-0.05, 0) is 48.8 Å². The largest absolute Gasteiger partial charge is 0.316 e. The van der Waals surface area contributed by atoms with Crippen LogP contribution in [-0.4, -0.2) is 13.1 Å². The normalized spacial score (nSPS) is 35.5. The summed E-state index contributed by atoms with van der Waals surface area (Å²) in [6.45, 7) is 4.69. The summed E-state index contributed by atoms with van der Waals surface area (Å²) in [6, 6.07) is 8.46. The van der Waals surface area contributed by atoms with E-state index in [0.717, 1.165) is 17.5 Å². The number of hydrogen-bond donors (Lipinski definition) is 1. The summed E-state index contributed by atoms with van der Waals surface area (Å²) in [6.07, 6.45) is 6.87. The molecule has 1 aliphatic carbocycles. The van der Waals surface area contributed by atoms with Crippen LogP contribution in [0.25, 0.3) is 0 Å². The zero-order chi connectivity index (χ0) is 13.3. The van der Waals surface area contributed by atoms with Gasteiger partial charge in [0.2, 0.25) is 0 Å². The molecule has 2 aliphatic rings. The van der Waals surface area contributed by atoms with Crippen molar-refractivity contribution in [3.8, 4) is 0 Å². The molecule has 0 radical (unpaired) electrons. The molecule has 1 nitrogen and oxygen atoms in total. The number of hydrogen-bond acceptors (Lipinski definition) is 1. The molecule has 1 N–H and O–H groups in total. The Bertz CT molecular complexity index is 441. The van der Waals surface area contributed by atoms with Gasteiger partial charge in [0.05, 0.1) is 0 Å². The molecule has 104 valence electrons. The van der Waals surface area contributed by atoms with Crippen LogP contribution in [0.3, 0.4) is 0 Å². The fourth-order valence-electron chi connectivity index (χ4n) is 4.42. The van der Waals surface area contributed by atoms with E-state index in [9.17, 15) is 0 Å². The number of halogens is 1. The van der Waals surface area contributed by atoms with Gasteiger partial charge in [0, 0.05) is 17.5 Å². The third-order valence-electron chi connectivity index (χ3n) is 5.29. The lowest BCUT2D eigenvalue weighted by Crippen LogP contribution is -2.46. The van der Waals surface area contributed by atoms with Crippen molar-refractivity contribution in [1.82, 2.24) is 5.32 Å². The van der Waals surface area contributed by atoms with E-state index in [0.29, 0.717) is 11.3 Å². The first-order valence-corrected chi connectivity index (χ1v) is 8.04. The van der Waals surface area contributed by atoms with Crippen LogP contribution in [0.2, 0.25) is 5.02 Å². The van der Waals surface area contributed by atoms with Crippen LogP contribution < -0.4 is 5.32 Å². The van der Waals surface area contributed by atoms with Crippen LogP contribution in [-0.2, 0) is 0 Å². The first kappa shape index (κ1) is 13.5. The first-order valence-electron chi connectivity index (χ1n) is 7.66. The summed E-state index contributed by atoms with van der Waals surface area (Å²) in [5, 5.41) is 4.54. The summed E-state index contributed by atoms with van der Waals surface area (Å²) >= 11 is 6.47. The highest BCUT2D eigenvalue weighted by molar-refractivity contribution is 6.31. The van der Waals surface area contributed by atoms with Crippen molar-refractivity contribution < 1.29 is 0 Å². The van der Waals surface area contributed by atoms with Crippen LogP contribution >= 0.6 is 11.6 Å².